The van der Waals surface area contributed by atoms with Gasteiger partial charge in [-0.2, -0.15) is 0 Å². The lowest BCUT2D eigenvalue weighted by atomic mass is 9.95. The third kappa shape index (κ3) is 2.68. The predicted octanol–water partition coefficient (Wildman–Crippen LogP) is 3.52. The Morgan fingerprint density at radius 1 is 0.958 bits per heavy atom. The summed E-state index contributed by atoms with van der Waals surface area (Å²) in [5.74, 6) is -1.13. The van der Waals surface area contributed by atoms with E-state index >= 15 is 0 Å². The minimum Gasteiger partial charge on any atom is -0.491 e. The number of benzene rings is 2. The lowest BCUT2D eigenvalue weighted by molar-refractivity contribution is 0.0140. The number of ether oxygens (including phenoxy) is 1. The molecule has 0 spiro atoms. The van der Waals surface area contributed by atoms with E-state index in [4.69, 9.17) is 4.74 Å². The average Bonchev–Trinajstić information content (AvgIpc) is 3.11. The summed E-state index contributed by atoms with van der Waals surface area (Å²) in [4.78, 5) is 2.27. The maximum Gasteiger partial charge on any atom is 0.159 e. The Balaban J connectivity index is 1.63. The molecule has 0 aliphatic carbocycles. The quantitative estimate of drug-likeness (QED) is 0.914. The van der Waals surface area contributed by atoms with Gasteiger partial charge in [-0.3, -0.25) is 4.90 Å². The van der Waals surface area contributed by atoms with E-state index in [0.29, 0.717) is 17.9 Å². The number of hydrogen-bond acceptors (Lipinski definition) is 3. The van der Waals surface area contributed by atoms with Crippen molar-refractivity contribution in [2.24, 2.45) is 0 Å². The van der Waals surface area contributed by atoms with Crippen molar-refractivity contribution >= 4 is 0 Å². The Bertz CT molecular complexity index is 759. The van der Waals surface area contributed by atoms with Crippen molar-refractivity contribution in [1.29, 1.82) is 0 Å². The number of halogens is 2. The molecule has 2 heterocycles. The number of rotatable bonds is 2. The van der Waals surface area contributed by atoms with E-state index in [2.05, 4.69) is 4.90 Å². The average molecular weight is 331 g/mol. The van der Waals surface area contributed by atoms with Crippen LogP contribution in [0.1, 0.15) is 24.5 Å². The first-order chi connectivity index (χ1) is 11.6. The van der Waals surface area contributed by atoms with Crippen molar-refractivity contribution < 1.29 is 18.6 Å². The fourth-order valence-electron chi connectivity index (χ4n) is 3.61. The van der Waals surface area contributed by atoms with E-state index < -0.39 is 17.7 Å². The minimum absolute atomic E-state index is 0.0193. The van der Waals surface area contributed by atoms with Crippen LogP contribution in [0.5, 0.6) is 5.75 Å². The second-order valence-electron chi connectivity index (χ2n) is 6.45. The van der Waals surface area contributed by atoms with E-state index in [1.54, 1.807) is 6.07 Å². The second kappa shape index (κ2) is 6.15. The summed E-state index contributed by atoms with van der Waals surface area (Å²) in [6.45, 7) is 2.43. The zero-order chi connectivity index (χ0) is 16.7. The molecular formula is C19H19F2NO2. The molecule has 2 aliphatic rings. The first-order valence-corrected chi connectivity index (χ1v) is 8.28. The molecule has 24 heavy (non-hydrogen) atoms. The summed E-state index contributed by atoms with van der Waals surface area (Å²) < 4.78 is 32.4. The molecule has 0 amide bonds. The molecule has 1 fully saturated rings. The molecule has 126 valence electrons. The largest absolute Gasteiger partial charge is 0.491 e. The Morgan fingerprint density at radius 2 is 1.67 bits per heavy atom. The van der Waals surface area contributed by atoms with Crippen LogP contribution in [0.25, 0.3) is 11.1 Å². The number of aliphatic hydroxyl groups excluding tert-OH is 1. The number of nitrogens with zero attached hydrogens (tertiary/aromatic N) is 1. The maximum absolute atomic E-state index is 13.4. The van der Waals surface area contributed by atoms with Crippen LogP contribution in [-0.2, 0) is 0 Å². The molecule has 2 aliphatic heterocycles. The Labute approximate surface area is 139 Å². The molecule has 1 N–H and O–H groups in total. The second-order valence-corrected chi connectivity index (χ2v) is 6.45. The van der Waals surface area contributed by atoms with Crippen molar-refractivity contribution in [3.63, 3.8) is 0 Å². The van der Waals surface area contributed by atoms with Gasteiger partial charge in [0.15, 0.2) is 11.6 Å². The first-order valence-electron chi connectivity index (χ1n) is 8.28. The molecule has 0 aromatic heterocycles. The third-order valence-corrected chi connectivity index (χ3v) is 4.97. The summed E-state index contributed by atoms with van der Waals surface area (Å²) in [6.07, 6.45) is 1.72. The minimum atomic E-state index is -0.875. The highest BCUT2D eigenvalue weighted by molar-refractivity contribution is 5.66. The Kier molecular flexibility index (Phi) is 3.98. The van der Waals surface area contributed by atoms with Gasteiger partial charge in [0.25, 0.3) is 0 Å². The van der Waals surface area contributed by atoms with Crippen LogP contribution in [0.4, 0.5) is 8.78 Å². The zero-order valence-corrected chi connectivity index (χ0v) is 13.2. The van der Waals surface area contributed by atoms with Crippen LogP contribution >= 0.6 is 0 Å². The monoisotopic (exact) mass is 331 g/mol. The van der Waals surface area contributed by atoms with E-state index in [-0.39, 0.29) is 6.04 Å². The van der Waals surface area contributed by atoms with Gasteiger partial charge in [-0.1, -0.05) is 18.2 Å². The summed E-state index contributed by atoms with van der Waals surface area (Å²) in [5.41, 5.74) is 2.07. The fraction of sp³-hybridized carbons (Fsp3) is 0.368. The highest BCUT2D eigenvalue weighted by Crippen LogP contribution is 2.38. The van der Waals surface area contributed by atoms with Crippen LogP contribution in [0.3, 0.4) is 0 Å². The topological polar surface area (TPSA) is 32.7 Å². The maximum atomic E-state index is 13.4. The van der Waals surface area contributed by atoms with Gasteiger partial charge in [0.1, 0.15) is 18.5 Å². The van der Waals surface area contributed by atoms with Gasteiger partial charge < -0.3 is 9.84 Å². The molecule has 0 bridgehead atoms. The van der Waals surface area contributed by atoms with Crippen molar-refractivity contribution in [3.8, 4) is 16.9 Å². The molecule has 3 nitrogen and oxygen atoms in total. The van der Waals surface area contributed by atoms with Crippen LogP contribution in [0, 0.1) is 11.6 Å². The third-order valence-electron chi connectivity index (χ3n) is 4.97. The van der Waals surface area contributed by atoms with E-state index in [9.17, 15) is 13.9 Å². The number of hydrogen-bond donors (Lipinski definition) is 1. The van der Waals surface area contributed by atoms with Gasteiger partial charge in [-0.05, 0) is 55.3 Å². The zero-order valence-electron chi connectivity index (χ0n) is 13.2. The van der Waals surface area contributed by atoms with E-state index in [1.165, 1.54) is 12.1 Å². The van der Waals surface area contributed by atoms with Crippen molar-refractivity contribution in [3.05, 3.63) is 53.6 Å². The lowest BCUT2D eigenvalue weighted by Crippen LogP contribution is -2.44. The predicted molar refractivity (Wildman–Crippen MR) is 86.8 cm³/mol. The molecule has 2 aromatic carbocycles. The van der Waals surface area contributed by atoms with Gasteiger partial charge >= 0.3 is 0 Å². The molecule has 2 atom stereocenters. The van der Waals surface area contributed by atoms with Crippen LogP contribution < -0.4 is 4.74 Å². The SMILES string of the molecule is O[C@@H]1c2ccc(-c3ccc(F)c(F)c3)cc2OC[C@H]1N1CCCC1. The molecule has 1 saturated heterocycles. The molecule has 2 aromatic rings. The molecule has 5 heteroatoms. The fourth-order valence-corrected chi connectivity index (χ4v) is 3.61. The summed E-state index contributed by atoms with van der Waals surface area (Å²) >= 11 is 0. The highest BCUT2D eigenvalue weighted by Gasteiger charge is 2.34. The molecular weight excluding hydrogens is 312 g/mol. The molecule has 4 rings (SSSR count). The van der Waals surface area contributed by atoms with E-state index in [1.807, 2.05) is 12.1 Å². The smallest absolute Gasteiger partial charge is 0.159 e. The van der Waals surface area contributed by atoms with Crippen molar-refractivity contribution in [2.45, 2.75) is 25.0 Å². The first kappa shape index (κ1) is 15.5. The standard InChI is InChI=1S/C19H19F2NO2/c20-15-6-4-12(9-16(15)21)13-3-5-14-18(10-13)24-11-17(19(14)23)22-7-1-2-8-22/h3-6,9-10,17,19,23H,1-2,7-8,11H2/t17-,19-/m1/s1. The van der Waals surface area contributed by atoms with Crippen LogP contribution in [0.2, 0.25) is 0 Å². The van der Waals surface area contributed by atoms with Crippen molar-refractivity contribution in [2.75, 3.05) is 19.7 Å². The molecule has 0 unspecified atom stereocenters. The van der Waals surface area contributed by atoms with Gasteiger partial charge in [-0.25, -0.2) is 8.78 Å². The normalized spacial score (nSPS) is 23.8. The number of fused-ring (bicyclic) bond motifs is 1. The van der Waals surface area contributed by atoms with Gasteiger partial charge in [0, 0.05) is 5.56 Å². The Hall–Kier alpha value is -1.98. The lowest BCUT2D eigenvalue weighted by Gasteiger charge is -2.36. The highest BCUT2D eigenvalue weighted by atomic mass is 19.2. The summed E-state index contributed by atoms with van der Waals surface area (Å²) in [5, 5.41) is 10.7. The van der Waals surface area contributed by atoms with Gasteiger partial charge in [0.2, 0.25) is 0 Å². The van der Waals surface area contributed by atoms with Gasteiger partial charge in [0.05, 0.1) is 6.04 Å². The Morgan fingerprint density at radius 3 is 2.42 bits per heavy atom. The van der Waals surface area contributed by atoms with Crippen molar-refractivity contribution in [1.82, 2.24) is 4.90 Å². The summed E-state index contributed by atoms with van der Waals surface area (Å²) in [6, 6.07) is 9.21. The van der Waals surface area contributed by atoms with Gasteiger partial charge in [-0.15, -0.1) is 0 Å². The summed E-state index contributed by atoms with van der Waals surface area (Å²) in [7, 11) is 0. The van der Waals surface area contributed by atoms with E-state index in [0.717, 1.165) is 43.1 Å². The van der Waals surface area contributed by atoms with Crippen LogP contribution in [0.15, 0.2) is 36.4 Å². The molecule has 0 radical (unpaired) electrons. The number of aliphatic hydroxyl groups is 1. The number of likely N-dealkylation sites (tertiary alicyclic amines) is 1. The van der Waals surface area contributed by atoms with Crippen LogP contribution in [-0.4, -0.2) is 35.7 Å². The molecule has 0 saturated carbocycles.